The summed E-state index contributed by atoms with van der Waals surface area (Å²) in [6, 6.07) is 33.7. The van der Waals surface area contributed by atoms with Crippen molar-refractivity contribution in [2.75, 3.05) is 10.6 Å². The average Bonchev–Trinajstić information content (AvgIpc) is 3.46. The van der Waals surface area contributed by atoms with Crippen molar-refractivity contribution in [3.63, 3.8) is 0 Å². The lowest BCUT2D eigenvalue weighted by Gasteiger charge is -2.19. The lowest BCUT2D eigenvalue weighted by atomic mass is 10.1. The number of carbonyl (C=O) groups is 2. The number of pyridine rings is 1. The second-order valence-electron chi connectivity index (χ2n) is 8.20. The zero-order chi connectivity index (χ0) is 24.7. The summed E-state index contributed by atoms with van der Waals surface area (Å²) in [7, 11) is -0.737. The minimum absolute atomic E-state index is 0.167. The number of nitrogens with zero attached hydrogens (tertiary/aromatic N) is 1. The van der Waals surface area contributed by atoms with E-state index < -0.39 is 7.92 Å². The Morgan fingerprint density at radius 1 is 0.611 bits per heavy atom. The highest BCUT2D eigenvalue weighted by atomic mass is 31.1. The Labute approximate surface area is 211 Å². The van der Waals surface area contributed by atoms with Gasteiger partial charge in [-0.3, -0.25) is 9.59 Å². The van der Waals surface area contributed by atoms with Crippen molar-refractivity contribution in [2.45, 2.75) is 0 Å². The van der Waals surface area contributed by atoms with Crippen molar-refractivity contribution in [3.05, 3.63) is 133 Å². The molecule has 0 saturated heterocycles. The molecule has 0 atom stereocenters. The minimum Gasteiger partial charge on any atom is -0.310 e. The summed E-state index contributed by atoms with van der Waals surface area (Å²) >= 11 is 0. The number of carbonyl (C=O) groups excluding carboxylic acids is 2. The summed E-state index contributed by atoms with van der Waals surface area (Å²) in [5.74, 6) is 0.0251. The fourth-order valence-corrected chi connectivity index (χ4v) is 6.22. The topological polar surface area (TPSA) is 71.1 Å². The highest BCUT2D eigenvalue weighted by molar-refractivity contribution is 7.79. The van der Waals surface area contributed by atoms with E-state index in [9.17, 15) is 9.59 Å². The van der Waals surface area contributed by atoms with Crippen LogP contribution in [0.5, 0.6) is 0 Å². The number of hydrogen-bond acceptors (Lipinski definition) is 3. The largest absolute Gasteiger partial charge is 0.310 e. The highest BCUT2D eigenvalue weighted by Gasteiger charge is 2.18. The molecule has 0 fully saturated rings. The Kier molecular flexibility index (Phi) is 7.11. The Balaban J connectivity index is 1.31. The van der Waals surface area contributed by atoms with E-state index in [1.807, 2.05) is 60.7 Å². The molecule has 1 aliphatic carbocycles. The van der Waals surface area contributed by atoms with E-state index in [-0.39, 0.29) is 17.7 Å². The van der Waals surface area contributed by atoms with Crippen LogP contribution in [0.3, 0.4) is 0 Å². The smallest absolute Gasteiger partial charge is 0.256 e. The van der Waals surface area contributed by atoms with Crippen LogP contribution in [0.25, 0.3) is 0 Å². The highest BCUT2D eigenvalue weighted by Crippen LogP contribution is 2.32. The number of allylic oxidation sites excluding steroid dienone is 2. The fourth-order valence-electron chi connectivity index (χ4n) is 3.94. The van der Waals surface area contributed by atoms with Crippen molar-refractivity contribution < 1.29 is 9.59 Å². The van der Waals surface area contributed by atoms with Gasteiger partial charge in [0.15, 0.2) is 0 Å². The average molecular weight is 490 g/mol. The third-order valence-electron chi connectivity index (χ3n) is 5.71. The maximum absolute atomic E-state index is 12.9. The predicted molar refractivity (Wildman–Crippen MR) is 148 cm³/mol. The van der Waals surface area contributed by atoms with Gasteiger partial charge in [0.05, 0.1) is 5.92 Å². The quantitative estimate of drug-likeness (QED) is 0.368. The standard InChI is InChI=1S/C30H24N3O2P/c34-29(22-10-7-8-11-22)32-27-16-9-17-28(31-27)33-30(35)23-18-20-26(21-19-23)36(24-12-3-1-4-13-24)25-14-5-2-6-15-25/h1-22H,(H2,31,32,33,34,35). The van der Waals surface area contributed by atoms with E-state index in [2.05, 4.69) is 64.1 Å². The summed E-state index contributed by atoms with van der Waals surface area (Å²) in [5, 5.41) is 9.28. The number of aromatic nitrogens is 1. The van der Waals surface area contributed by atoms with Crippen molar-refractivity contribution in [1.82, 2.24) is 4.98 Å². The van der Waals surface area contributed by atoms with Gasteiger partial charge in [-0.1, -0.05) is 103 Å². The van der Waals surface area contributed by atoms with Gasteiger partial charge in [-0.05, 0) is 48.1 Å². The van der Waals surface area contributed by atoms with Gasteiger partial charge in [0.2, 0.25) is 5.91 Å². The first-order valence-corrected chi connectivity index (χ1v) is 13.0. The Morgan fingerprint density at radius 2 is 1.14 bits per heavy atom. The van der Waals surface area contributed by atoms with Crippen molar-refractivity contribution >= 4 is 47.3 Å². The van der Waals surface area contributed by atoms with Gasteiger partial charge in [0, 0.05) is 5.56 Å². The Hall–Kier alpha value is -4.34. The van der Waals surface area contributed by atoms with Crippen molar-refractivity contribution in [2.24, 2.45) is 5.92 Å². The molecule has 1 aliphatic rings. The van der Waals surface area contributed by atoms with E-state index in [1.54, 1.807) is 18.2 Å². The molecule has 2 amide bonds. The fraction of sp³-hybridized carbons (Fsp3) is 0.0333. The molecule has 5 rings (SSSR count). The number of hydrogen-bond donors (Lipinski definition) is 2. The van der Waals surface area contributed by atoms with Crippen LogP contribution in [0, 0.1) is 5.92 Å². The molecule has 3 aromatic carbocycles. The summed E-state index contributed by atoms with van der Waals surface area (Å²) in [4.78, 5) is 29.6. The second kappa shape index (κ2) is 10.9. The van der Waals surface area contributed by atoms with Crippen molar-refractivity contribution in [1.29, 1.82) is 0 Å². The van der Waals surface area contributed by atoms with Gasteiger partial charge < -0.3 is 10.6 Å². The number of rotatable bonds is 7. The van der Waals surface area contributed by atoms with Crippen LogP contribution < -0.4 is 26.5 Å². The summed E-state index contributed by atoms with van der Waals surface area (Å²) in [6.07, 6.45) is 7.30. The molecule has 0 aliphatic heterocycles. The SMILES string of the molecule is O=C(Nc1cccc(NC(=O)C2C=CC=C2)n1)c1ccc(P(c2ccccc2)c2ccccc2)cc1. The third-order valence-corrected chi connectivity index (χ3v) is 8.15. The first-order chi connectivity index (χ1) is 17.7. The second-order valence-corrected chi connectivity index (χ2v) is 10.4. The van der Waals surface area contributed by atoms with Gasteiger partial charge in [0.25, 0.3) is 5.91 Å². The predicted octanol–water partition coefficient (Wildman–Crippen LogP) is 4.77. The molecule has 0 saturated carbocycles. The molecule has 0 bridgehead atoms. The van der Waals surface area contributed by atoms with Gasteiger partial charge >= 0.3 is 0 Å². The van der Waals surface area contributed by atoms with E-state index in [1.165, 1.54) is 10.6 Å². The van der Waals surface area contributed by atoms with Gasteiger partial charge in [0.1, 0.15) is 11.6 Å². The molecule has 36 heavy (non-hydrogen) atoms. The zero-order valence-electron chi connectivity index (χ0n) is 19.4. The van der Waals surface area contributed by atoms with E-state index in [4.69, 9.17) is 0 Å². The van der Waals surface area contributed by atoms with Crippen LogP contribution in [0.4, 0.5) is 11.6 Å². The monoisotopic (exact) mass is 489 g/mol. The van der Waals surface area contributed by atoms with Crippen LogP contribution in [-0.4, -0.2) is 16.8 Å². The van der Waals surface area contributed by atoms with Crippen LogP contribution >= 0.6 is 7.92 Å². The molecule has 6 heteroatoms. The molecule has 4 aromatic rings. The number of nitrogens with one attached hydrogen (secondary N) is 2. The van der Waals surface area contributed by atoms with Crippen LogP contribution in [-0.2, 0) is 4.79 Å². The molecule has 0 spiro atoms. The maximum atomic E-state index is 12.9. The molecule has 1 heterocycles. The third kappa shape index (κ3) is 5.48. The number of benzene rings is 3. The first-order valence-electron chi connectivity index (χ1n) is 11.6. The molecule has 176 valence electrons. The van der Waals surface area contributed by atoms with E-state index in [0.29, 0.717) is 17.2 Å². The first kappa shape index (κ1) is 23.4. The molecular weight excluding hydrogens is 465 g/mol. The lowest BCUT2D eigenvalue weighted by molar-refractivity contribution is -0.117. The Morgan fingerprint density at radius 3 is 1.72 bits per heavy atom. The zero-order valence-corrected chi connectivity index (χ0v) is 20.3. The summed E-state index contributed by atoms with van der Waals surface area (Å²) in [6.45, 7) is 0. The number of amides is 2. The van der Waals surface area contributed by atoms with Crippen LogP contribution in [0.15, 0.2) is 127 Å². The maximum Gasteiger partial charge on any atom is 0.256 e. The molecule has 5 nitrogen and oxygen atoms in total. The molecule has 0 radical (unpaired) electrons. The molecule has 0 unspecified atom stereocenters. The normalized spacial score (nSPS) is 12.6. The van der Waals surface area contributed by atoms with Gasteiger partial charge in [-0.25, -0.2) is 4.98 Å². The Bertz CT molecular complexity index is 1370. The summed E-state index contributed by atoms with van der Waals surface area (Å²) < 4.78 is 0. The molecule has 2 N–H and O–H groups in total. The van der Waals surface area contributed by atoms with Crippen molar-refractivity contribution in [3.8, 4) is 0 Å². The molecular formula is C30H24N3O2P. The summed E-state index contributed by atoms with van der Waals surface area (Å²) in [5.41, 5.74) is 0.535. The number of anilines is 2. The van der Waals surface area contributed by atoms with E-state index >= 15 is 0 Å². The van der Waals surface area contributed by atoms with Gasteiger partial charge in [-0.15, -0.1) is 0 Å². The van der Waals surface area contributed by atoms with Gasteiger partial charge in [-0.2, -0.15) is 0 Å². The van der Waals surface area contributed by atoms with E-state index in [0.717, 1.165) is 5.30 Å². The van der Waals surface area contributed by atoms with Crippen LogP contribution in [0.1, 0.15) is 10.4 Å². The minimum atomic E-state index is -0.737. The van der Waals surface area contributed by atoms with Crippen LogP contribution in [0.2, 0.25) is 0 Å². The molecule has 1 aromatic heterocycles. The lowest BCUT2D eigenvalue weighted by Crippen LogP contribution is -2.21.